The summed E-state index contributed by atoms with van der Waals surface area (Å²) in [5, 5.41) is 3.98. The Morgan fingerprint density at radius 3 is 2.86 bits per heavy atom. The van der Waals surface area contributed by atoms with E-state index in [1.54, 1.807) is 11.1 Å². The lowest BCUT2D eigenvalue weighted by molar-refractivity contribution is -0.127. The molecule has 9 nitrogen and oxygen atoms in total. The van der Waals surface area contributed by atoms with Gasteiger partial charge in [0.25, 0.3) is 5.91 Å². The fourth-order valence-corrected chi connectivity index (χ4v) is 5.86. The van der Waals surface area contributed by atoms with Crippen LogP contribution in [0.2, 0.25) is 0 Å². The first-order valence-electron chi connectivity index (χ1n) is 12.3. The van der Waals surface area contributed by atoms with Gasteiger partial charge in [-0.1, -0.05) is 13.2 Å². The van der Waals surface area contributed by atoms with E-state index < -0.39 is 0 Å². The van der Waals surface area contributed by atoms with Crippen LogP contribution in [0.4, 0.5) is 0 Å². The van der Waals surface area contributed by atoms with Gasteiger partial charge in [-0.3, -0.25) is 14.2 Å². The van der Waals surface area contributed by atoms with Crippen LogP contribution in [0.1, 0.15) is 42.1 Å². The first-order chi connectivity index (χ1) is 17.8. The third kappa shape index (κ3) is 4.64. The number of carbonyl (C=O) groups excluding carboxylic acids is 2. The summed E-state index contributed by atoms with van der Waals surface area (Å²) in [4.78, 5) is 41.0. The molecule has 5 heterocycles. The van der Waals surface area contributed by atoms with Crippen molar-refractivity contribution < 1.29 is 14.3 Å². The highest BCUT2D eigenvalue weighted by Gasteiger charge is 2.26. The van der Waals surface area contributed by atoms with Crippen molar-refractivity contribution in [1.82, 2.24) is 29.7 Å². The molecule has 37 heavy (non-hydrogen) atoms. The van der Waals surface area contributed by atoms with Gasteiger partial charge in [-0.25, -0.2) is 9.97 Å². The SMILES string of the molecule is C=CC(=O)N1CCC[C@@H](NC(=O)c2sc3nccc4c3c2[nH]c(=C)n4-c2ccc(OC(C)C)nc2C)C1. The van der Waals surface area contributed by atoms with Crippen molar-refractivity contribution >= 4 is 51.0 Å². The number of hydrogen-bond donors (Lipinski definition) is 2. The third-order valence-corrected chi connectivity index (χ3v) is 7.53. The molecule has 2 amide bonds. The predicted octanol–water partition coefficient (Wildman–Crippen LogP) is 3.66. The number of rotatable bonds is 6. The summed E-state index contributed by atoms with van der Waals surface area (Å²) in [5.41, 5.74) is 3.83. The lowest BCUT2D eigenvalue weighted by Crippen LogP contribution is -2.49. The Labute approximate surface area is 218 Å². The molecule has 5 rings (SSSR count). The molecule has 0 unspecified atom stereocenters. The van der Waals surface area contributed by atoms with E-state index in [9.17, 15) is 9.59 Å². The first-order valence-corrected chi connectivity index (χ1v) is 13.1. The van der Waals surface area contributed by atoms with Crippen LogP contribution in [0.5, 0.6) is 5.88 Å². The van der Waals surface area contributed by atoms with Crippen LogP contribution in [-0.4, -0.2) is 61.5 Å². The predicted molar refractivity (Wildman–Crippen MR) is 146 cm³/mol. The molecule has 4 aromatic rings. The van der Waals surface area contributed by atoms with E-state index in [0.29, 0.717) is 34.8 Å². The number of thiophene rings is 1. The maximum absolute atomic E-state index is 13.4. The van der Waals surface area contributed by atoms with Crippen molar-refractivity contribution in [3.63, 3.8) is 0 Å². The number of aryl methyl sites for hydroxylation is 1. The molecule has 10 heteroatoms. The molecule has 4 aromatic heterocycles. The van der Waals surface area contributed by atoms with Crippen molar-refractivity contribution in [2.45, 2.75) is 45.8 Å². The van der Waals surface area contributed by atoms with Gasteiger partial charge in [0, 0.05) is 31.4 Å². The Bertz CT molecular complexity index is 1580. The number of aromatic nitrogens is 4. The molecule has 1 saturated heterocycles. The number of ether oxygens (including phenoxy) is 1. The van der Waals surface area contributed by atoms with Crippen molar-refractivity contribution in [3.8, 4) is 11.6 Å². The Balaban J connectivity index is 1.53. The summed E-state index contributed by atoms with van der Waals surface area (Å²) < 4.78 is 7.74. The van der Waals surface area contributed by atoms with Gasteiger partial charge in [0.05, 0.1) is 33.9 Å². The van der Waals surface area contributed by atoms with E-state index in [4.69, 9.17) is 4.74 Å². The molecule has 192 valence electrons. The molecule has 1 atom stereocenters. The minimum absolute atomic E-state index is 0.0290. The number of nitrogens with one attached hydrogen (secondary N) is 2. The molecule has 2 N–H and O–H groups in total. The molecule has 0 spiro atoms. The van der Waals surface area contributed by atoms with E-state index >= 15 is 0 Å². The van der Waals surface area contributed by atoms with Gasteiger partial charge < -0.3 is 19.9 Å². The molecule has 1 fully saturated rings. The Morgan fingerprint density at radius 2 is 2.14 bits per heavy atom. The minimum Gasteiger partial charge on any atom is -0.475 e. The highest BCUT2D eigenvalue weighted by Crippen LogP contribution is 2.34. The van der Waals surface area contributed by atoms with Gasteiger partial charge in [-0.15, -0.1) is 11.3 Å². The molecule has 0 bridgehead atoms. The smallest absolute Gasteiger partial charge is 0.263 e. The summed E-state index contributed by atoms with van der Waals surface area (Å²) in [7, 11) is 0. The van der Waals surface area contributed by atoms with Crippen LogP contribution < -0.4 is 15.5 Å². The second-order valence-corrected chi connectivity index (χ2v) is 10.4. The fraction of sp³-hybridized carbons (Fsp3) is 0.333. The van der Waals surface area contributed by atoms with Crippen LogP contribution in [0.3, 0.4) is 0 Å². The average Bonchev–Trinajstić information content (AvgIpc) is 3.24. The Hall–Kier alpha value is -3.92. The molecular weight excluding hydrogens is 488 g/mol. The second kappa shape index (κ2) is 9.85. The lowest BCUT2D eigenvalue weighted by Gasteiger charge is -2.32. The van der Waals surface area contributed by atoms with E-state index in [1.807, 2.05) is 43.5 Å². The number of hydrogen-bond acceptors (Lipinski definition) is 6. The molecular formula is C27H30N6O3S. The lowest BCUT2D eigenvalue weighted by atomic mass is 10.1. The molecule has 0 radical (unpaired) electrons. The van der Waals surface area contributed by atoms with E-state index in [-0.39, 0.29) is 24.0 Å². The summed E-state index contributed by atoms with van der Waals surface area (Å²) in [6, 6.07) is 5.60. The topological polar surface area (TPSA) is 105 Å². The molecule has 1 aliphatic rings. The summed E-state index contributed by atoms with van der Waals surface area (Å²) in [5.74, 6) is 0.262. The zero-order valence-corrected chi connectivity index (χ0v) is 22.0. The zero-order valence-electron chi connectivity index (χ0n) is 21.2. The number of pyridine rings is 2. The third-order valence-electron chi connectivity index (χ3n) is 6.43. The number of nitrogens with zero attached hydrogens (tertiary/aromatic N) is 4. The van der Waals surface area contributed by atoms with Crippen LogP contribution in [0, 0.1) is 6.92 Å². The van der Waals surface area contributed by atoms with Gasteiger partial charge in [0.15, 0.2) is 0 Å². The van der Waals surface area contributed by atoms with Crippen molar-refractivity contribution in [3.05, 3.63) is 53.1 Å². The molecule has 0 aromatic carbocycles. The monoisotopic (exact) mass is 518 g/mol. The zero-order chi connectivity index (χ0) is 26.3. The standard InChI is InChI=1S/C27H30N6O3S/c1-6-22(34)32-13-7-8-18(14-32)31-26(35)25-24-23-20(11-12-28-27(23)37-25)33(17(5)30-24)19-9-10-21(29-16(19)4)36-15(2)3/h6,9-12,15,18,30H,1,5,7-8,13-14H2,2-4H3,(H,31,35)/t18-/m1/s1. The van der Waals surface area contributed by atoms with Crippen molar-refractivity contribution in [2.75, 3.05) is 13.1 Å². The number of piperidine rings is 1. The number of likely N-dealkylation sites (tertiary alicyclic amines) is 1. The van der Waals surface area contributed by atoms with Crippen LogP contribution >= 0.6 is 11.3 Å². The van der Waals surface area contributed by atoms with Crippen molar-refractivity contribution in [1.29, 1.82) is 0 Å². The second-order valence-electron chi connectivity index (χ2n) is 9.45. The van der Waals surface area contributed by atoms with Gasteiger partial charge in [-0.05, 0) is 51.8 Å². The average molecular weight is 519 g/mol. The quantitative estimate of drug-likeness (QED) is 0.379. The molecule has 0 saturated carbocycles. The van der Waals surface area contributed by atoms with Gasteiger partial charge in [0.2, 0.25) is 11.8 Å². The van der Waals surface area contributed by atoms with Gasteiger partial charge in [-0.2, -0.15) is 0 Å². The summed E-state index contributed by atoms with van der Waals surface area (Å²) in [6.07, 6.45) is 4.73. The normalized spacial score (nSPS) is 15.9. The molecule has 0 aliphatic carbocycles. The van der Waals surface area contributed by atoms with Crippen molar-refractivity contribution in [2.24, 2.45) is 0 Å². The number of amides is 2. The summed E-state index contributed by atoms with van der Waals surface area (Å²) >= 11 is 1.34. The number of aromatic amines is 1. The van der Waals surface area contributed by atoms with Gasteiger partial charge >= 0.3 is 0 Å². The maximum atomic E-state index is 13.4. The van der Waals surface area contributed by atoms with E-state index in [2.05, 4.69) is 33.4 Å². The number of carbonyl (C=O) groups is 2. The molecule has 1 aliphatic heterocycles. The maximum Gasteiger partial charge on any atom is 0.263 e. The van der Waals surface area contributed by atoms with E-state index in [1.165, 1.54) is 17.4 Å². The fourth-order valence-electron chi connectivity index (χ4n) is 4.84. The minimum atomic E-state index is -0.191. The largest absolute Gasteiger partial charge is 0.475 e. The van der Waals surface area contributed by atoms with Crippen LogP contribution in [0.25, 0.3) is 33.5 Å². The Morgan fingerprint density at radius 1 is 1.32 bits per heavy atom. The first kappa shape index (κ1) is 24.8. The summed E-state index contributed by atoms with van der Waals surface area (Å²) in [6.45, 7) is 14.8. The van der Waals surface area contributed by atoms with Gasteiger partial charge in [0.1, 0.15) is 15.2 Å². The van der Waals surface area contributed by atoms with Crippen LogP contribution in [0.15, 0.2) is 37.1 Å². The number of H-pyrrole nitrogens is 1. The van der Waals surface area contributed by atoms with E-state index in [0.717, 1.165) is 40.0 Å². The highest BCUT2D eigenvalue weighted by molar-refractivity contribution is 7.21. The highest BCUT2D eigenvalue weighted by atomic mass is 32.1. The Kier molecular flexibility index (Phi) is 6.59. The van der Waals surface area contributed by atoms with Crippen LogP contribution in [-0.2, 0) is 4.79 Å².